The predicted octanol–water partition coefficient (Wildman–Crippen LogP) is 4.25. The first kappa shape index (κ1) is 16.0. The Balaban J connectivity index is 1.85. The lowest BCUT2D eigenvalue weighted by atomic mass is 9.96. The molecule has 0 radical (unpaired) electrons. The van der Waals surface area contributed by atoms with Crippen molar-refractivity contribution in [3.63, 3.8) is 0 Å². The summed E-state index contributed by atoms with van der Waals surface area (Å²) in [6.45, 7) is 0.417. The number of carbonyl (C=O) groups is 1. The number of thiophene rings is 1. The molecule has 4 nitrogen and oxygen atoms in total. The van der Waals surface area contributed by atoms with Crippen molar-refractivity contribution >= 4 is 40.7 Å². The molecule has 0 unspecified atom stereocenters. The van der Waals surface area contributed by atoms with E-state index in [9.17, 15) is 4.79 Å². The van der Waals surface area contributed by atoms with Crippen LogP contribution in [-0.4, -0.2) is 19.2 Å². The Morgan fingerprint density at radius 1 is 1.39 bits per heavy atom. The monoisotopic (exact) mass is 347 g/mol. The molecule has 0 atom stereocenters. The fourth-order valence-electron chi connectivity index (χ4n) is 2.73. The van der Waals surface area contributed by atoms with E-state index in [4.69, 9.17) is 17.0 Å². The SMILES string of the molecule is CNc1ccc(C2CC2)c(CNC(=O)c2ccc(Cl)s2)c1C=N. The van der Waals surface area contributed by atoms with Crippen LogP contribution in [-0.2, 0) is 6.54 Å². The summed E-state index contributed by atoms with van der Waals surface area (Å²) < 4.78 is 0.603. The second kappa shape index (κ2) is 6.72. The van der Waals surface area contributed by atoms with E-state index < -0.39 is 0 Å². The summed E-state index contributed by atoms with van der Waals surface area (Å²) >= 11 is 7.15. The van der Waals surface area contributed by atoms with Crippen molar-refractivity contribution in [2.24, 2.45) is 0 Å². The lowest BCUT2D eigenvalue weighted by Crippen LogP contribution is -2.23. The minimum absolute atomic E-state index is 0.130. The van der Waals surface area contributed by atoms with Crippen molar-refractivity contribution in [3.05, 3.63) is 50.2 Å². The van der Waals surface area contributed by atoms with Crippen molar-refractivity contribution in [1.29, 1.82) is 5.41 Å². The van der Waals surface area contributed by atoms with Gasteiger partial charge in [-0.25, -0.2) is 0 Å². The Kier molecular flexibility index (Phi) is 4.68. The molecule has 1 aliphatic carbocycles. The molecule has 0 spiro atoms. The van der Waals surface area contributed by atoms with E-state index >= 15 is 0 Å². The number of carbonyl (C=O) groups excluding carboxylic acids is 1. The summed E-state index contributed by atoms with van der Waals surface area (Å²) in [4.78, 5) is 12.9. The van der Waals surface area contributed by atoms with Crippen LogP contribution in [0.1, 0.15) is 45.1 Å². The standard InChI is InChI=1S/C17H18ClN3OS/c1-20-14-5-4-11(10-2-3-10)13(12(14)8-19)9-21-17(22)15-6-7-16(18)23-15/h4-8,10,19-20H,2-3,9H2,1H3,(H,21,22). The average Bonchev–Trinajstić information content (AvgIpc) is 3.32. The highest BCUT2D eigenvalue weighted by Gasteiger charge is 2.27. The number of hydrogen-bond donors (Lipinski definition) is 3. The minimum Gasteiger partial charge on any atom is -0.388 e. The van der Waals surface area contributed by atoms with Crippen LogP contribution in [0.4, 0.5) is 5.69 Å². The van der Waals surface area contributed by atoms with E-state index in [0.717, 1.165) is 16.8 Å². The Labute approximate surface area is 144 Å². The predicted molar refractivity (Wildman–Crippen MR) is 96.3 cm³/mol. The van der Waals surface area contributed by atoms with E-state index in [1.54, 1.807) is 12.1 Å². The van der Waals surface area contributed by atoms with Gasteiger partial charge in [-0.15, -0.1) is 11.3 Å². The second-order valence-electron chi connectivity index (χ2n) is 5.55. The van der Waals surface area contributed by atoms with Crippen molar-refractivity contribution in [3.8, 4) is 0 Å². The average molecular weight is 348 g/mol. The molecule has 1 aromatic heterocycles. The number of rotatable bonds is 6. The van der Waals surface area contributed by atoms with Crippen LogP contribution in [0.15, 0.2) is 24.3 Å². The third-order valence-electron chi connectivity index (χ3n) is 4.05. The van der Waals surface area contributed by atoms with Crippen LogP contribution in [0.25, 0.3) is 0 Å². The van der Waals surface area contributed by atoms with Crippen molar-refractivity contribution in [1.82, 2.24) is 5.32 Å². The fraction of sp³-hybridized carbons (Fsp3) is 0.294. The Hall–Kier alpha value is -1.85. The Morgan fingerprint density at radius 3 is 2.74 bits per heavy atom. The maximum Gasteiger partial charge on any atom is 0.261 e. The van der Waals surface area contributed by atoms with Crippen molar-refractivity contribution in [2.75, 3.05) is 12.4 Å². The number of halogens is 1. The van der Waals surface area contributed by atoms with Crippen LogP contribution >= 0.6 is 22.9 Å². The molecule has 3 N–H and O–H groups in total. The van der Waals surface area contributed by atoms with Crippen molar-refractivity contribution < 1.29 is 4.79 Å². The number of amides is 1. The van der Waals surface area contributed by atoms with E-state index in [-0.39, 0.29) is 5.91 Å². The summed E-state index contributed by atoms with van der Waals surface area (Å²) in [5, 5.41) is 13.8. The number of anilines is 1. The van der Waals surface area contributed by atoms with Crippen LogP contribution in [0, 0.1) is 5.41 Å². The molecule has 120 valence electrons. The first-order valence-electron chi connectivity index (χ1n) is 7.51. The zero-order valence-electron chi connectivity index (χ0n) is 12.8. The molecule has 3 rings (SSSR count). The topological polar surface area (TPSA) is 65.0 Å². The van der Waals surface area contributed by atoms with Gasteiger partial charge in [0.2, 0.25) is 0 Å². The summed E-state index contributed by atoms with van der Waals surface area (Å²) in [7, 11) is 1.84. The molecule has 23 heavy (non-hydrogen) atoms. The molecule has 1 heterocycles. The Bertz CT molecular complexity index is 752. The number of nitrogens with one attached hydrogen (secondary N) is 3. The van der Waals surface area contributed by atoms with Gasteiger partial charge in [0, 0.05) is 31.1 Å². The maximum absolute atomic E-state index is 12.3. The zero-order chi connectivity index (χ0) is 16.4. The van der Waals surface area contributed by atoms with Crippen LogP contribution in [0.5, 0.6) is 0 Å². The number of benzene rings is 1. The largest absolute Gasteiger partial charge is 0.388 e. The molecule has 2 aromatic rings. The zero-order valence-corrected chi connectivity index (χ0v) is 14.4. The molecular formula is C17H18ClN3OS. The summed E-state index contributed by atoms with van der Waals surface area (Å²) in [6, 6.07) is 7.57. The van der Waals surface area contributed by atoms with Crippen LogP contribution in [0.3, 0.4) is 0 Å². The molecule has 1 amide bonds. The molecule has 1 aromatic carbocycles. The lowest BCUT2D eigenvalue weighted by molar-refractivity contribution is 0.0955. The molecule has 1 aliphatic rings. The van der Waals surface area contributed by atoms with E-state index in [1.807, 2.05) is 13.1 Å². The lowest BCUT2D eigenvalue weighted by Gasteiger charge is -2.16. The summed E-state index contributed by atoms with van der Waals surface area (Å²) in [6.07, 6.45) is 3.72. The van der Waals surface area contributed by atoms with Gasteiger partial charge in [-0.1, -0.05) is 17.7 Å². The van der Waals surface area contributed by atoms with Gasteiger partial charge in [-0.3, -0.25) is 4.79 Å². The minimum atomic E-state index is -0.130. The third-order valence-corrected chi connectivity index (χ3v) is 5.28. The van der Waals surface area contributed by atoms with Crippen LogP contribution < -0.4 is 10.6 Å². The first-order valence-corrected chi connectivity index (χ1v) is 8.71. The van der Waals surface area contributed by atoms with E-state index in [1.165, 1.54) is 36.0 Å². The highest BCUT2D eigenvalue weighted by Crippen LogP contribution is 2.43. The van der Waals surface area contributed by atoms with Crippen LogP contribution in [0.2, 0.25) is 4.34 Å². The maximum atomic E-state index is 12.3. The second-order valence-corrected chi connectivity index (χ2v) is 7.26. The molecule has 0 bridgehead atoms. The molecular weight excluding hydrogens is 330 g/mol. The highest BCUT2D eigenvalue weighted by molar-refractivity contribution is 7.17. The van der Waals surface area contributed by atoms with Crippen molar-refractivity contribution in [2.45, 2.75) is 25.3 Å². The highest BCUT2D eigenvalue weighted by atomic mass is 35.5. The Morgan fingerprint density at radius 2 is 2.17 bits per heavy atom. The molecule has 0 aliphatic heterocycles. The van der Waals surface area contributed by atoms with Gasteiger partial charge < -0.3 is 16.0 Å². The third kappa shape index (κ3) is 3.41. The number of hydrogen-bond acceptors (Lipinski definition) is 4. The normalized spacial score (nSPS) is 13.7. The summed E-state index contributed by atoms with van der Waals surface area (Å²) in [5.41, 5.74) is 4.03. The first-order chi connectivity index (χ1) is 11.1. The van der Waals surface area contributed by atoms with Gasteiger partial charge >= 0.3 is 0 Å². The molecule has 1 fully saturated rings. The van der Waals surface area contributed by atoms with E-state index in [0.29, 0.717) is 21.7 Å². The molecule has 0 saturated heterocycles. The van der Waals surface area contributed by atoms with E-state index in [2.05, 4.69) is 16.7 Å². The van der Waals surface area contributed by atoms with Gasteiger partial charge in [0.25, 0.3) is 5.91 Å². The van der Waals surface area contributed by atoms with Gasteiger partial charge in [-0.2, -0.15) is 0 Å². The van der Waals surface area contributed by atoms with Gasteiger partial charge in [0.05, 0.1) is 9.21 Å². The van der Waals surface area contributed by atoms with Gasteiger partial charge in [0.1, 0.15) is 0 Å². The smallest absolute Gasteiger partial charge is 0.261 e. The fourth-order valence-corrected chi connectivity index (χ4v) is 3.69. The summed E-state index contributed by atoms with van der Waals surface area (Å²) in [5.74, 6) is 0.428. The molecule has 6 heteroatoms. The van der Waals surface area contributed by atoms with Gasteiger partial charge in [0.15, 0.2) is 0 Å². The quantitative estimate of drug-likeness (QED) is 0.684. The van der Waals surface area contributed by atoms with Gasteiger partial charge in [-0.05, 0) is 48.1 Å². The molecule has 1 saturated carbocycles.